The molecule has 0 fully saturated rings. The normalized spacial score (nSPS) is 10.5. The van der Waals surface area contributed by atoms with Gasteiger partial charge in [0.05, 0.1) is 11.3 Å². The minimum atomic E-state index is -0.601. The molecule has 0 radical (unpaired) electrons. The van der Waals surface area contributed by atoms with Gasteiger partial charge in [-0.3, -0.25) is 4.79 Å². The van der Waals surface area contributed by atoms with Crippen molar-refractivity contribution in [2.75, 3.05) is 0 Å². The zero-order valence-corrected chi connectivity index (χ0v) is 11.1. The number of aromatic nitrogens is 2. The number of hydrogen-bond acceptors (Lipinski definition) is 3. The summed E-state index contributed by atoms with van der Waals surface area (Å²) in [6, 6.07) is 5.65. The van der Waals surface area contributed by atoms with Crippen molar-refractivity contribution in [3.05, 3.63) is 51.6 Å². The van der Waals surface area contributed by atoms with E-state index in [-0.39, 0.29) is 5.56 Å². The summed E-state index contributed by atoms with van der Waals surface area (Å²) >= 11 is 0. The number of aryl methyl sites for hydroxylation is 3. The van der Waals surface area contributed by atoms with Crippen LogP contribution < -0.4 is 11.4 Å². The molecule has 0 bridgehead atoms. The van der Waals surface area contributed by atoms with Crippen LogP contribution in [-0.2, 0) is 7.05 Å². The fraction of sp³-hybridized carbons (Fsp3) is 0.214. The van der Waals surface area contributed by atoms with Gasteiger partial charge in [0.25, 0.3) is 5.91 Å². The molecule has 0 spiro atoms. The Labute approximate surface area is 110 Å². The Balaban J connectivity index is 2.73. The predicted octanol–water partition coefficient (Wildman–Crippen LogP) is 1.16. The third kappa shape index (κ3) is 2.40. The molecule has 1 amide bonds. The lowest BCUT2D eigenvalue weighted by atomic mass is 10.0. The highest BCUT2D eigenvalue weighted by Crippen LogP contribution is 2.22. The molecular weight excluding hydrogens is 242 g/mol. The summed E-state index contributed by atoms with van der Waals surface area (Å²) in [6.07, 6.45) is 1.42. The number of benzene rings is 1. The lowest BCUT2D eigenvalue weighted by Gasteiger charge is -2.09. The number of nitrogens with two attached hydrogens (primary N) is 1. The minimum Gasteiger partial charge on any atom is -0.365 e. The third-order valence-electron chi connectivity index (χ3n) is 3.13. The standard InChI is InChI=1S/C14H15N3O2/c1-8-4-5-10(6-9(8)2)12-11(13(15)18)7-17(3)14(19)16-12/h4-7H,1-3H3,(H2,15,18). The topological polar surface area (TPSA) is 78.0 Å². The first-order valence-electron chi connectivity index (χ1n) is 5.85. The number of carbonyl (C=O) groups is 1. The molecule has 0 unspecified atom stereocenters. The molecule has 0 saturated heterocycles. The van der Waals surface area contributed by atoms with E-state index in [2.05, 4.69) is 4.98 Å². The zero-order valence-electron chi connectivity index (χ0n) is 11.1. The Morgan fingerprint density at radius 1 is 1.26 bits per heavy atom. The van der Waals surface area contributed by atoms with Crippen molar-refractivity contribution in [3.63, 3.8) is 0 Å². The van der Waals surface area contributed by atoms with Gasteiger partial charge in [-0.25, -0.2) is 4.79 Å². The molecule has 1 heterocycles. The largest absolute Gasteiger partial charge is 0.365 e. The average molecular weight is 257 g/mol. The maximum absolute atomic E-state index is 11.6. The van der Waals surface area contributed by atoms with Crippen molar-refractivity contribution in [3.8, 4) is 11.3 Å². The predicted molar refractivity (Wildman–Crippen MR) is 72.9 cm³/mol. The number of primary amides is 1. The lowest BCUT2D eigenvalue weighted by molar-refractivity contribution is 0.1000. The third-order valence-corrected chi connectivity index (χ3v) is 3.13. The molecule has 0 atom stereocenters. The van der Waals surface area contributed by atoms with E-state index in [4.69, 9.17) is 5.73 Å². The fourth-order valence-electron chi connectivity index (χ4n) is 1.83. The van der Waals surface area contributed by atoms with Gasteiger partial charge in [-0.2, -0.15) is 4.98 Å². The molecule has 19 heavy (non-hydrogen) atoms. The van der Waals surface area contributed by atoms with Crippen LogP contribution in [0.4, 0.5) is 0 Å². The van der Waals surface area contributed by atoms with Crippen molar-refractivity contribution in [2.24, 2.45) is 12.8 Å². The van der Waals surface area contributed by atoms with Crippen molar-refractivity contribution >= 4 is 5.91 Å². The summed E-state index contributed by atoms with van der Waals surface area (Å²) in [5.74, 6) is -0.601. The van der Waals surface area contributed by atoms with E-state index in [0.717, 1.165) is 16.7 Å². The molecule has 0 saturated carbocycles. The first-order valence-corrected chi connectivity index (χ1v) is 5.85. The van der Waals surface area contributed by atoms with Crippen LogP contribution in [0, 0.1) is 13.8 Å². The smallest absolute Gasteiger partial charge is 0.347 e. The second-order valence-electron chi connectivity index (χ2n) is 4.56. The summed E-state index contributed by atoms with van der Waals surface area (Å²) in [6.45, 7) is 3.95. The van der Waals surface area contributed by atoms with Crippen molar-refractivity contribution in [1.29, 1.82) is 0 Å². The Hall–Kier alpha value is -2.43. The van der Waals surface area contributed by atoms with E-state index in [9.17, 15) is 9.59 Å². The highest BCUT2D eigenvalue weighted by molar-refractivity contribution is 5.98. The number of rotatable bonds is 2. The van der Waals surface area contributed by atoms with E-state index < -0.39 is 11.6 Å². The van der Waals surface area contributed by atoms with Crippen LogP contribution in [-0.4, -0.2) is 15.5 Å². The van der Waals surface area contributed by atoms with E-state index in [0.29, 0.717) is 5.69 Å². The maximum Gasteiger partial charge on any atom is 0.347 e. The molecule has 2 aromatic rings. The van der Waals surface area contributed by atoms with Crippen LogP contribution in [0.25, 0.3) is 11.3 Å². The molecule has 5 heteroatoms. The van der Waals surface area contributed by atoms with Crippen molar-refractivity contribution < 1.29 is 4.79 Å². The van der Waals surface area contributed by atoms with Crippen molar-refractivity contribution in [2.45, 2.75) is 13.8 Å². The first kappa shape index (κ1) is 13.0. The Bertz CT molecular complexity index is 717. The van der Waals surface area contributed by atoms with E-state index in [1.165, 1.54) is 17.8 Å². The van der Waals surface area contributed by atoms with Gasteiger partial charge in [0.2, 0.25) is 0 Å². The van der Waals surface area contributed by atoms with Gasteiger partial charge >= 0.3 is 5.69 Å². The van der Waals surface area contributed by atoms with Gasteiger partial charge in [-0.05, 0) is 31.0 Å². The summed E-state index contributed by atoms with van der Waals surface area (Å²) in [5.41, 5.74) is 8.41. The molecule has 5 nitrogen and oxygen atoms in total. The van der Waals surface area contributed by atoms with Crippen LogP contribution in [0.1, 0.15) is 21.5 Å². The van der Waals surface area contributed by atoms with E-state index >= 15 is 0 Å². The molecule has 2 rings (SSSR count). The second-order valence-corrected chi connectivity index (χ2v) is 4.56. The fourth-order valence-corrected chi connectivity index (χ4v) is 1.83. The first-order chi connectivity index (χ1) is 8.90. The highest BCUT2D eigenvalue weighted by atomic mass is 16.1. The highest BCUT2D eigenvalue weighted by Gasteiger charge is 2.14. The van der Waals surface area contributed by atoms with Crippen LogP contribution >= 0.6 is 0 Å². The number of amides is 1. The van der Waals surface area contributed by atoms with Gasteiger partial charge in [0, 0.05) is 18.8 Å². The van der Waals surface area contributed by atoms with Crippen molar-refractivity contribution in [1.82, 2.24) is 9.55 Å². The molecule has 0 aliphatic rings. The quantitative estimate of drug-likeness (QED) is 0.877. The van der Waals surface area contributed by atoms with Gasteiger partial charge in [0.1, 0.15) is 0 Å². The van der Waals surface area contributed by atoms with Crippen LogP contribution in [0.15, 0.2) is 29.2 Å². The molecule has 2 N–H and O–H groups in total. The summed E-state index contributed by atoms with van der Waals surface area (Å²) < 4.78 is 1.24. The van der Waals surface area contributed by atoms with E-state index in [1.807, 2.05) is 32.0 Å². The number of nitrogens with zero attached hydrogens (tertiary/aromatic N) is 2. The van der Waals surface area contributed by atoms with Gasteiger partial charge < -0.3 is 10.3 Å². The summed E-state index contributed by atoms with van der Waals surface area (Å²) in [5, 5.41) is 0. The Kier molecular flexibility index (Phi) is 3.21. The summed E-state index contributed by atoms with van der Waals surface area (Å²) in [4.78, 5) is 27.1. The zero-order chi connectivity index (χ0) is 14.2. The van der Waals surface area contributed by atoms with Gasteiger partial charge in [-0.15, -0.1) is 0 Å². The average Bonchev–Trinajstić information content (AvgIpc) is 2.35. The molecule has 1 aromatic heterocycles. The molecule has 1 aromatic carbocycles. The lowest BCUT2D eigenvalue weighted by Crippen LogP contribution is -2.25. The molecular formula is C14H15N3O2. The van der Waals surface area contributed by atoms with Gasteiger partial charge in [0.15, 0.2) is 0 Å². The summed E-state index contributed by atoms with van der Waals surface area (Å²) in [7, 11) is 1.53. The maximum atomic E-state index is 11.6. The Morgan fingerprint density at radius 2 is 1.95 bits per heavy atom. The molecule has 0 aliphatic carbocycles. The Morgan fingerprint density at radius 3 is 2.53 bits per heavy atom. The monoisotopic (exact) mass is 257 g/mol. The van der Waals surface area contributed by atoms with E-state index in [1.54, 1.807) is 0 Å². The number of hydrogen-bond donors (Lipinski definition) is 1. The van der Waals surface area contributed by atoms with Crippen LogP contribution in [0.3, 0.4) is 0 Å². The minimum absolute atomic E-state index is 0.241. The molecule has 98 valence electrons. The SMILES string of the molecule is Cc1ccc(-c2nc(=O)n(C)cc2C(N)=O)cc1C. The number of carbonyl (C=O) groups excluding carboxylic acids is 1. The van der Waals surface area contributed by atoms with Crippen LogP contribution in [0.2, 0.25) is 0 Å². The van der Waals surface area contributed by atoms with Crippen LogP contribution in [0.5, 0.6) is 0 Å². The molecule has 0 aliphatic heterocycles. The van der Waals surface area contributed by atoms with Gasteiger partial charge in [-0.1, -0.05) is 12.1 Å². The second kappa shape index (κ2) is 4.68.